The average molecular weight is 293 g/mol. The summed E-state index contributed by atoms with van der Waals surface area (Å²) in [7, 11) is 0. The van der Waals surface area contributed by atoms with E-state index in [1.54, 1.807) is 6.07 Å². The lowest BCUT2D eigenvalue weighted by molar-refractivity contribution is -0.116. The van der Waals surface area contributed by atoms with Crippen LogP contribution in [-0.2, 0) is 4.79 Å². The highest BCUT2D eigenvalue weighted by Gasteiger charge is 2.31. The molecule has 1 amide bonds. The van der Waals surface area contributed by atoms with Crippen LogP contribution in [0, 0.1) is 5.82 Å². The highest BCUT2D eigenvalue weighted by atomic mass is 79.9. The molecule has 0 bridgehead atoms. The number of carbonyl (C=O) groups excluding carboxylic acids is 1. The summed E-state index contributed by atoms with van der Waals surface area (Å²) < 4.78 is 13.5. The van der Waals surface area contributed by atoms with Crippen LogP contribution in [0.4, 0.5) is 10.1 Å². The number of carbonyl (C=O) groups is 1. The second kappa shape index (κ2) is 4.10. The third-order valence-electron chi connectivity index (χ3n) is 2.34. The Kier molecular flexibility index (Phi) is 2.98. The monoisotopic (exact) mass is 291 g/mol. The van der Waals surface area contributed by atoms with E-state index in [9.17, 15) is 9.18 Å². The Balaban J connectivity index is 2.34. The first-order valence-corrected chi connectivity index (χ1v) is 5.79. The van der Waals surface area contributed by atoms with Crippen LogP contribution in [0.5, 0.6) is 0 Å². The Labute approximate surface area is 100 Å². The Morgan fingerprint density at radius 2 is 2.27 bits per heavy atom. The van der Waals surface area contributed by atoms with Crippen molar-refractivity contribution in [2.24, 2.45) is 0 Å². The highest BCUT2D eigenvalue weighted by molar-refractivity contribution is 9.10. The summed E-state index contributed by atoms with van der Waals surface area (Å²) in [5.74, 6) is -0.561. The number of halogens is 3. The lowest BCUT2D eigenvalue weighted by Crippen LogP contribution is -2.27. The molecule has 1 fully saturated rings. The number of alkyl halides is 1. The van der Waals surface area contributed by atoms with Crippen molar-refractivity contribution >= 4 is 39.1 Å². The molecule has 0 N–H and O–H groups in total. The quantitative estimate of drug-likeness (QED) is 0.729. The topological polar surface area (TPSA) is 20.3 Å². The molecule has 2 rings (SSSR count). The zero-order valence-corrected chi connectivity index (χ0v) is 10.1. The summed E-state index contributed by atoms with van der Waals surface area (Å²) in [6, 6.07) is 4.32. The van der Waals surface area contributed by atoms with E-state index in [1.807, 2.05) is 0 Å². The first kappa shape index (κ1) is 10.9. The lowest BCUT2D eigenvalue weighted by Gasteiger charge is -2.16. The Morgan fingerprint density at radius 1 is 1.53 bits per heavy atom. The standard InChI is InChI=1S/C10H8BrClFNO/c11-7-3-4-14(10(7)15)9-2-1-6(12)5-8(9)13/h1-2,5,7H,3-4H2/t7-/m1/s1. The molecule has 15 heavy (non-hydrogen) atoms. The molecule has 0 radical (unpaired) electrons. The number of nitrogens with zero attached hydrogens (tertiary/aromatic N) is 1. The molecule has 0 saturated carbocycles. The molecule has 5 heteroatoms. The van der Waals surface area contributed by atoms with Crippen molar-refractivity contribution in [3.63, 3.8) is 0 Å². The predicted molar refractivity (Wildman–Crippen MR) is 61.1 cm³/mol. The van der Waals surface area contributed by atoms with Crippen LogP contribution in [0.2, 0.25) is 5.02 Å². The summed E-state index contributed by atoms with van der Waals surface area (Å²) in [5.41, 5.74) is 0.298. The molecule has 0 aliphatic carbocycles. The fraction of sp³-hybridized carbons (Fsp3) is 0.300. The molecule has 0 aromatic heterocycles. The van der Waals surface area contributed by atoms with Gasteiger partial charge in [-0.3, -0.25) is 4.79 Å². The molecule has 1 aliphatic heterocycles. The van der Waals surface area contributed by atoms with Gasteiger partial charge >= 0.3 is 0 Å². The van der Waals surface area contributed by atoms with Gasteiger partial charge in [-0.25, -0.2) is 4.39 Å². The summed E-state index contributed by atoms with van der Waals surface area (Å²) in [6.07, 6.45) is 0.695. The Bertz CT molecular complexity index is 412. The minimum Gasteiger partial charge on any atom is -0.309 e. The summed E-state index contributed by atoms with van der Waals surface area (Å²) in [5, 5.41) is 0.332. The number of rotatable bonds is 1. The van der Waals surface area contributed by atoms with E-state index in [-0.39, 0.29) is 10.7 Å². The third-order valence-corrected chi connectivity index (χ3v) is 3.43. The molecule has 1 heterocycles. The number of benzene rings is 1. The van der Waals surface area contributed by atoms with Crippen molar-refractivity contribution in [3.8, 4) is 0 Å². The highest BCUT2D eigenvalue weighted by Crippen LogP contribution is 2.28. The van der Waals surface area contributed by atoms with E-state index in [2.05, 4.69) is 15.9 Å². The molecule has 1 aromatic rings. The molecule has 1 aliphatic rings. The van der Waals surface area contributed by atoms with E-state index in [0.717, 1.165) is 0 Å². The maximum atomic E-state index is 13.5. The second-order valence-corrected chi connectivity index (χ2v) is 4.88. The maximum absolute atomic E-state index is 13.5. The molecule has 0 spiro atoms. The Morgan fingerprint density at radius 3 is 2.80 bits per heavy atom. The van der Waals surface area contributed by atoms with Crippen LogP contribution in [-0.4, -0.2) is 17.3 Å². The summed E-state index contributed by atoms with van der Waals surface area (Å²) in [4.78, 5) is 12.9. The maximum Gasteiger partial charge on any atom is 0.240 e. The van der Waals surface area contributed by atoms with Crippen molar-refractivity contribution in [2.75, 3.05) is 11.4 Å². The first-order chi connectivity index (χ1) is 7.09. The van der Waals surface area contributed by atoms with Gasteiger partial charge in [-0.05, 0) is 24.6 Å². The second-order valence-electron chi connectivity index (χ2n) is 3.34. The number of hydrogen-bond donors (Lipinski definition) is 0. The lowest BCUT2D eigenvalue weighted by atomic mass is 10.3. The summed E-state index contributed by atoms with van der Waals surface area (Å²) in [6.45, 7) is 0.535. The van der Waals surface area contributed by atoms with Gasteiger partial charge in [-0.1, -0.05) is 27.5 Å². The van der Waals surface area contributed by atoms with Crippen LogP contribution < -0.4 is 4.90 Å². The largest absolute Gasteiger partial charge is 0.309 e. The Hall–Kier alpha value is -0.610. The normalized spacial score (nSPS) is 21.1. The van der Waals surface area contributed by atoms with Gasteiger partial charge in [0.2, 0.25) is 5.91 Å². The van der Waals surface area contributed by atoms with Crippen molar-refractivity contribution in [1.82, 2.24) is 0 Å². The molecule has 0 unspecified atom stereocenters. The van der Waals surface area contributed by atoms with Gasteiger partial charge in [0, 0.05) is 11.6 Å². The molecular weight excluding hydrogens is 284 g/mol. The zero-order valence-electron chi connectivity index (χ0n) is 7.71. The smallest absolute Gasteiger partial charge is 0.240 e. The fourth-order valence-electron chi connectivity index (χ4n) is 1.58. The molecule has 2 nitrogen and oxygen atoms in total. The molecule has 1 aromatic carbocycles. The first-order valence-electron chi connectivity index (χ1n) is 4.50. The van der Waals surface area contributed by atoms with E-state index >= 15 is 0 Å². The van der Waals surface area contributed by atoms with E-state index < -0.39 is 5.82 Å². The van der Waals surface area contributed by atoms with Gasteiger partial charge in [0.1, 0.15) is 5.82 Å². The molecular formula is C10H8BrClFNO. The average Bonchev–Trinajstić information content (AvgIpc) is 2.49. The number of anilines is 1. The minimum absolute atomic E-state index is 0.101. The number of hydrogen-bond acceptors (Lipinski definition) is 1. The van der Waals surface area contributed by atoms with Gasteiger partial charge in [0.25, 0.3) is 0 Å². The van der Waals surface area contributed by atoms with Crippen molar-refractivity contribution < 1.29 is 9.18 Å². The van der Waals surface area contributed by atoms with E-state index in [0.29, 0.717) is 23.7 Å². The van der Waals surface area contributed by atoms with Crippen LogP contribution in [0.1, 0.15) is 6.42 Å². The SMILES string of the molecule is O=C1[C@H](Br)CCN1c1ccc(Cl)cc1F. The van der Waals surface area contributed by atoms with Crippen LogP contribution in [0.15, 0.2) is 18.2 Å². The van der Waals surface area contributed by atoms with E-state index in [1.165, 1.54) is 17.0 Å². The van der Waals surface area contributed by atoms with Crippen molar-refractivity contribution in [3.05, 3.63) is 29.0 Å². The van der Waals surface area contributed by atoms with Crippen molar-refractivity contribution in [2.45, 2.75) is 11.2 Å². The molecule has 1 saturated heterocycles. The third kappa shape index (κ3) is 2.01. The van der Waals surface area contributed by atoms with Crippen LogP contribution in [0.3, 0.4) is 0 Å². The van der Waals surface area contributed by atoms with Gasteiger partial charge in [0.15, 0.2) is 0 Å². The van der Waals surface area contributed by atoms with Crippen LogP contribution >= 0.6 is 27.5 Å². The van der Waals surface area contributed by atoms with Gasteiger partial charge in [-0.15, -0.1) is 0 Å². The van der Waals surface area contributed by atoms with Gasteiger partial charge in [0.05, 0.1) is 10.5 Å². The van der Waals surface area contributed by atoms with Gasteiger partial charge in [-0.2, -0.15) is 0 Å². The predicted octanol–water partition coefficient (Wildman–Crippen LogP) is 2.98. The zero-order chi connectivity index (χ0) is 11.0. The van der Waals surface area contributed by atoms with Gasteiger partial charge < -0.3 is 4.90 Å². The number of amides is 1. The summed E-state index contributed by atoms with van der Waals surface area (Å²) >= 11 is 8.88. The minimum atomic E-state index is -0.461. The molecule has 1 atom stereocenters. The fourth-order valence-corrected chi connectivity index (χ4v) is 2.20. The molecule has 80 valence electrons. The van der Waals surface area contributed by atoms with Crippen LogP contribution in [0.25, 0.3) is 0 Å². The van der Waals surface area contributed by atoms with E-state index in [4.69, 9.17) is 11.6 Å². The van der Waals surface area contributed by atoms with Crippen molar-refractivity contribution in [1.29, 1.82) is 0 Å².